The zero-order chi connectivity index (χ0) is 15.2. The normalized spacial score (nSPS) is 17.4. The Balaban J connectivity index is 1.75. The highest BCUT2D eigenvalue weighted by molar-refractivity contribution is 5.88. The van der Waals surface area contributed by atoms with E-state index in [1.165, 1.54) is 0 Å². The van der Waals surface area contributed by atoms with Gasteiger partial charge in [0.25, 0.3) is 0 Å². The lowest BCUT2D eigenvalue weighted by atomic mass is 9.88. The molecule has 2 rings (SSSR count). The molecule has 2 unspecified atom stereocenters. The molecule has 0 saturated carbocycles. The molecule has 1 heterocycles. The maximum Gasteiger partial charge on any atom is 0.242 e. The first kappa shape index (κ1) is 15.5. The van der Waals surface area contributed by atoms with Crippen molar-refractivity contribution in [2.75, 3.05) is 13.1 Å². The lowest BCUT2D eigenvalue weighted by molar-refractivity contribution is -0.131. The molecule has 5 heteroatoms. The second-order valence-electron chi connectivity index (χ2n) is 5.64. The molecule has 21 heavy (non-hydrogen) atoms. The van der Waals surface area contributed by atoms with Gasteiger partial charge in [-0.3, -0.25) is 9.59 Å². The van der Waals surface area contributed by atoms with Gasteiger partial charge in [-0.15, -0.1) is 0 Å². The van der Waals surface area contributed by atoms with Crippen molar-refractivity contribution in [3.05, 3.63) is 35.9 Å². The zero-order valence-corrected chi connectivity index (χ0v) is 12.6. The van der Waals surface area contributed by atoms with Gasteiger partial charge >= 0.3 is 0 Å². The number of benzene rings is 1. The SMILES string of the molecule is CC(NC(=O)C(C)C1CNC1)C(=O)NCc1ccccc1. The van der Waals surface area contributed by atoms with E-state index >= 15 is 0 Å². The molecule has 1 saturated heterocycles. The molecule has 0 spiro atoms. The number of hydrogen-bond donors (Lipinski definition) is 3. The number of hydrogen-bond acceptors (Lipinski definition) is 3. The van der Waals surface area contributed by atoms with Crippen LogP contribution < -0.4 is 16.0 Å². The smallest absolute Gasteiger partial charge is 0.242 e. The van der Waals surface area contributed by atoms with Crippen molar-refractivity contribution >= 4 is 11.8 Å². The summed E-state index contributed by atoms with van der Waals surface area (Å²) in [5.41, 5.74) is 1.04. The summed E-state index contributed by atoms with van der Waals surface area (Å²) in [6.07, 6.45) is 0. The van der Waals surface area contributed by atoms with Crippen LogP contribution in [-0.4, -0.2) is 30.9 Å². The fourth-order valence-corrected chi connectivity index (χ4v) is 2.23. The maximum atomic E-state index is 12.0. The summed E-state index contributed by atoms with van der Waals surface area (Å²) < 4.78 is 0. The Morgan fingerprint density at radius 2 is 1.86 bits per heavy atom. The van der Waals surface area contributed by atoms with E-state index in [9.17, 15) is 9.59 Å². The van der Waals surface area contributed by atoms with Crippen LogP contribution in [0.25, 0.3) is 0 Å². The summed E-state index contributed by atoms with van der Waals surface area (Å²) in [6, 6.07) is 9.19. The largest absolute Gasteiger partial charge is 0.350 e. The number of nitrogens with one attached hydrogen (secondary N) is 3. The summed E-state index contributed by atoms with van der Waals surface area (Å²) >= 11 is 0. The fraction of sp³-hybridized carbons (Fsp3) is 0.500. The van der Waals surface area contributed by atoms with Crippen LogP contribution in [0.3, 0.4) is 0 Å². The van der Waals surface area contributed by atoms with E-state index in [1.807, 2.05) is 37.3 Å². The first-order valence-electron chi connectivity index (χ1n) is 7.40. The molecular formula is C16H23N3O2. The third kappa shape index (κ3) is 4.29. The minimum atomic E-state index is -0.517. The van der Waals surface area contributed by atoms with E-state index in [-0.39, 0.29) is 17.7 Å². The van der Waals surface area contributed by atoms with Crippen molar-refractivity contribution in [3.8, 4) is 0 Å². The van der Waals surface area contributed by atoms with Gasteiger partial charge in [0, 0.05) is 12.5 Å². The Morgan fingerprint density at radius 1 is 1.19 bits per heavy atom. The molecule has 1 aromatic carbocycles. The Labute approximate surface area is 125 Å². The highest BCUT2D eigenvalue weighted by Crippen LogP contribution is 2.15. The number of carbonyl (C=O) groups excluding carboxylic acids is 2. The molecule has 0 bridgehead atoms. The molecule has 2 amide bonds. The van der Waals surface area contributed by atoms with Crippen molar-refractivity contribution in [2.24, 2.45) is 11.8 Å². The van der Waals surface area contributed by atoms with Crippen molar-refractivity contribution in [3.63, 3.8) is 0 Å². The van der Waals surface area contributed by atoms with E-state index < -0.39 is 6.04 Å². The van der Waals surface area contributed by atoms with Gasteiger partial charge in [0.1, 0.15) is 6.04 Å². The Bertz CT molecular complexity index is 486. The molecule has 1 aromatic rings. The molecule has 5 nitrogen and oxygen atoms in total. The summed E-state index contributed by atoms with van der Waals surface area (Å²) in [7, 11) is 0. The van der Waals surface area contributed by atoms with Gasteiger partial charge in [-0.1, -0.05) is 37.3 Å². The number of rotatable bonds is 6. The molecule has 114 valence electrons. The van der Waals surface area contributed by atoms with Crippen LogP contribution in [-0.2, 0) is 16.1 Å². The van der Waals surface area contributed by atoms with Gasteiger partial charge < -0.3 is 16.0 Å². The molecule has 2 atom stereocenters. The average molecular weight is 289 g/mol. The second kappa shape index (κ2) is 7.22. The third-order valence-corrected chi connectivity index (χ3v) is 4.00. The number of amides is 2. The molecular weight excluding hydrogens is 266 g/mol. The molecule has 0 aromatic heterocycles. The predicted molar refractivity (Wildman–Crippen MR) is 81.4 cm³/mol. The van der Waals surface area contributed by atoms with Gasteiger partial charge in [0.15, 0.2) is 0 Å². The summed E-state index contributed by atoms with van der Waals surface area (Å²) in [5, 5.41) is 8.77. The van der Waals surface area contributed by atoms with E-state index in [0.717, 1.165) is 18.7 Å². The summed E-state index contributed by atoms with van der Waals surface area (Å²) in [6.45, 7) is 5.85. The van der Waals surface area contributed by atoms with Gasteiger partial charge in [0.05, 0.1) is 0 Å². The molecule has 0 aliphatic carbocycles. The first-order chi connectivity index (χ1) is 10.1. The van der Waals surface area contributed by atoms with Crippen molar-refractivity contribution in [1.82, 2.24) is 16.0 Å². The van der Waals surface area contributed by atoms with Gasteiger partial charge in [0.2, 0.25) is 11.8 Å². The van der Waals surface area contributed by atoms with Crippen molar-refractivity contribution in [1.29, 1.82) is 0 Å². The highest BCUT2D eigenvalue weighted by Gasteiger charge is 2.30. The van der Waals surface area contributed by atoms with Gasteiger partial charge in [-0.05, 0) is 31.5 Å². The Kier molecular flexibility index (Phi) is 5.33. The summed E-state index contributed by atoms with van der Waals surface area (Å²) in [4.78, 5) is 24.0. The average Bonchev–Trinajstić information content (AvgIpc) is 2.43. The maximum absolute atomic E-state index is 12.0. The third-order valence-electron chi connectivity index (χ3n) is 4.00. The van der Waals surface area contributed by atoms with E-state index in [1.54, 1.807) is 6.92 Å². The first-order valence-corrected chi connectivity index (χ1v) is 7.40. The molecule has 1 aliphatic heterocycles. The van der Waals surface area contributed by atoms with Crippen LogP contribution in [0, 0.1) is 11.8 Å². The van der Waals surface area contributed by atoms with Crippen LogP contribution in [0.4, 0.5) is 0 Å². The lowest BCUT2D eigenvalue weighted by Gasteiger charge is -2.32. The topological polar surface area (TPSA) is 70.2 Å². The molecule has 3 N–H and O–H groups in total. The fourth-order valence-electron chi connectivity index (χ4n) is 2.23. The van der Waals surface area contributed by atoms with E-state index in [2.05, 4.69) is 16.0 Å². The second-order valence-corrected chi connectivity index (χ2v) is 5.64. The van der Waals surface area contributed by atoms with Crippen LogP contribution >= 0.6 is 0 Å². The Hall–Kier alpha value is -1.88. The zero-order valence-electron chi connectivity index (χ0n) is 12.6. The van der Waals surface area contributed by atoms with E-state index in [0.29, 0.717) is 12.5 Å². The minimum absolute atomic E-state index is 0.0520. The van der Waals surface area contributed by atoms with Crippen LogP contribution in [0.1, 0.15) is 19.4 Å². The minimum Gasteiger partial charge on any atom is -0.350 e. The van der Waals surface area contributed by atoms with Crippen LogP contribution in [0.5, 0.6) is 0 Å². The quantitative estimate of drug-likeness (QED) is 0.720. The molecule has 0 radical (unpaired) electrons. The van der Waals surface area contributed by atoms with Gasteiger partial charge in [-0.25, -0.2) is 0 Å². The van der Waals surface area contributed by atoms with Crippen LogP contribution in [0.15, 0.2) is 30.3 Å². The summed E-state index contributed by atoms with van der Waals surface area (Å²) in [5.74, 6) is 0.107. The molecule has 1 aliphatic rings. The number of carbonyl (C=O) groups is 2. The van der Waals surface area contributed by atoms with Crippen molar-refractivity contribution < 1.29 is 9.59 Å². The molecule has 1 fully saturated rings. The lowest BCUT2D eigenvalue weighted by Crippen LogP contribution is -2.52. The van der Waals surface area contributed by atoms with Crippen molar-refractivity contribution in [2.45, 2.75) is 26.4 Å². The van der Waals surface area contributed by atoms with Gasteiger partial charge in [-0.2, -0.15) is 0 Å². The standard InChI is InChI=1S/C16H23N3O2/c1-11(14-9-17-10-14)15(20)19-12(2)16(21)18-8-13-6-4-3-5-7-13/h3-7,11-12,14,17H,8-10H2,1-2H3,(H,18,21)(H,19,20). The Morgan fingerprint density at radius 3 is 2.43 bits per heavy atom. The van der Waals surface area contributed by atoms with Crippen LogP contribution in [0.2, 0.25) is 0 Å². The monoisotopic (exact) mass is 289 g/mol. The van der Waals surface area contributed by atoms with E-state index in [4.69, 9.17) is 0 Å². The highest BCUT2D eigenvalue weighted by atomic mass is 16.2. The predicted octanol–water partition coefficient (Wildman–Crippen LogP) is 0.663.